The predicted octanol–water partition coefficient (Wildman–Crippen LogP) is 2.56. The van der Waals surface area contributed by atoms with E-state index in [9.17, 15) is 4.79 Å². The zero-order valence-electron chi connectivity index (χ0n) is 14.4. The Labute approximate surface area is 146 Å². The van der Waals surface area contributed by atoms with E-state index in [1.54, 1.807) is 0 Å². The molecule has 2 aliphatic heterocycles. The lowest BCUT2D eigenvalue weighted by molar-refractivity contribution is -0.187. The van der Waals surface area contributed by atoms with Crippen LogP contribution < -0.4 is 0 Å². The van der Waals surface area contributed by atoms with E-state index >= 15 is 0 Å². The minimum absolute atomic E-state index is 0.0618. The molecule has 0 unspecified atom stereocenters. The van der Waals surface area contributed by atoms with Gasteiger partial charge in [0.05, 0.1) is 25.3 Å². The molecule has 0 N–H and O–H groups in total. The highest BCUT2D eigenvalue weighted by molar-refractivity contribution is 5.78. The summed E-state index contributed by atoms with van der Waals surface area (Å²) in [7, 11) is 0. The molecule has 3 heterocycles. The number of likely N-dealkylation sites (tertiary alicyclic amines) is 1. The topological polar surface area (TPSA) is 64.8 Å². The number of rotatable bonds is 3. The summed E-state index contributed by atoms with van der Waals surface area (Å²) < 4.78 is 17.3. The van der Waals surface area contributed by atoms with Gasteiger partial charge in [-0.15, -0.1) is 0 Å². The lowest BCUT2D eigenvalue weighted by Gasteiger charge is -2.37. The molecule has 4 rings (SSSR count). The van der Waals surface area contributed by atoms with Crippen LogP contribution in [0.5, 0.6) is 0 Å². The third-order valence-electron chi connectivity index (χ3n) is 4.92. The van der Waals surface area contributed by atoms with Crippen molar-refractivity contribution in [2.75, 3.05) is 26.3 Å². The number of benzene rings is 1. The van der Waals surface area contributed by atoms with Crippen LogP contribution in [0.15, 0.2) is 34.7 Å². The zero-order valence-corrected chi connectivity index (χ0v) is 14.4. The fraction of sp³-hybridized carbons (Fsp3) is 0.474. The van der Waals surface area contributed by atoms with Gasteiger partial charge in [0.25, 0.3) is 0 Å². The van der Waals surface area contributed by atoms with Gasteiger partial charge in [-0.1, -0.05) is 18.2 Å². The number of carbonyl (C=O) groups excluding carboxylic acids is 1. The van der Waals surface area contributed by atoms with Gasteiger partial charge in [0.15, 0.2) is 5.79 Å². The van der Waals surface area contributed by atoms with Gasteiger partial charge in [-0.3, -0.25) is 4.79 Å². The van der Waals surface area contributed by atoms with Crippen molar-refractivity contribution in [2.45, 2.75) is 32.0 Å². The summed E-state index contributed by atoms with van der Waals surface area (Å²) in [6.07, 6.45) is 1.69. The molecule has 0 aliphatic carbocycles. The average molecular weight is 342 g/mol. The number of nitrogens with zero attached hydrogens (tertiary/aromatic N) is 2. The van der Waals surface area contributed by atoms with Gasteiger partial charge in [-0.05, 0) is 19.1 Å². The Bertz CT molecular complexity index is 740. The summed E-state index contributed by atoms with van der Waals surface area (Å²) in [4.78, 5) is 18.9. The van der Waals surface area contributed by atoms with Crippen LogP contribution in [0.25, 0.3) is 11.5 Å². The average Bonchev–Trinajstić information content (AvgIpc) is 3.24. The smallest absolute Gasteiger partial charge is 0.230 e. The zero-order chi connectivity index (χ0) is 17.3. The second-order valence-corrected chi connectivity index (χ2v) is 6.56. The molecule has 2 aromatic rings. The molecule has 0 radical (unpaired) electrons. The van der Waals surface area contributed by atoms with Crippen LogP contribution in [0.1, 0.15) is 24.3 Å². The van der Waals surface area contributed by atoms with Crippen LogP contribution >= 0.6 is 0 Å². The monoisotopic (exact) mass is 342 g/mol. The number of aromatic nitrogens is 1. The van der Waals surface area contributed by atoms with E-state index in [0.717, 1.165) is 24.1 Å². The Morgan fingerprint density at radius 1 is 1.16 bits per heavy atom. The van der Waals surface area contributed by atoms with Crippen LogP contribution in [-0.2, 0) is 20.7 Å². The van der Waals surface area contributed by atoms with Crippen molar-refractivity contribution < 1.29 is 18.7 Å². The number of hydrogen-bond donors (Lipinski definition) is 0. The van der Waals surface area contributed by atoms with Crippen LogP contribution in [-0.4, -0.2) is 47.9 Å². The highest BCUT2D eigenvalue weighted by Gasteiger charge is 2.40. The molecule has 2 saturated heterocycles. The highest BCUT2D eigenvalue weighted by atomic mass is 16.7. The van der Waals surface area contributed by atoms with Gasteiger partial charge in [0.2, 0.25) is 11.8 Å². The van der Waals surface area contributed by atoms with E-state index in [2.05, 4.69) is 4.98 Å². The number of oxazole rings is 1. The van der Waals surface area contributed by atoms with Crippen LogP contribution in [0.3, 0.4) is 0 Å². The van der Waals surface area contributed by atoms with Crippen molar-refractivity contribution in [3.63, 3.8) is 0 Å². The maximum atomic E-state index is 12.6. The molecule has 6 heteroatoms. The molecule has 6 nitrogen and oxygen atoms in total. The summed E-state index contributed by atoms with van der Waals surface area (Å²) in [5.41, 5.74) is 1.68. The summed E-state index contributed by atoms with van der Waals surface area (Å²) in [5.74, 6) is 0.801. The van der Waals surface area contributed by atoms with Crippen LogP contribution in [0, 0.1) is 6.92 Å². The molecular weight excluding hydrogens is 320 g/mol. The highest BCUT2D eigenvalue weighted by Crippen LogP contribution is 2.31. The number of ether oxygens (including phenoxy) is 2. The first-order valence-electron chi connectivity index (χ1n) is 8.73. The summed E-state index contributed by atoms with van der Waals surface area (Å²) >= 11 is 0. The van der Waals surface area contributed by atoms with Crippen LogP contribution in [0.2, 0.25) is 0 Å². The number of amides is 1. The Balaban J connectivity index is 1.41. The first-order valence-corrected chi connectivity index (χ1v) is 8.73. The molecule has 2 aliphatic rings. The van der Waals surface area contributed by atoms with Crippen molar-refractivity contribution in [1.29, 1.82) is 0 Å². The van der Waals surface area contributed by atoms with Gasteiger partial charge >= 0.3 is 0 Å². The van der Waals surface area contributed by atoms with Crippen molar-refractivity contribution >= 4 is 5.91 Å². The number of aryl methyl sites for hydroxylation is 1. The van der Waals surface area contributed by atoms with Gasteiger partial charge < -0.3 is 18.8 Å². The van der Waals surface area contributed by atoms with Crippen molar-refractivity contribution in [2.24, 2.45) is 0 Å². The minimum atomic E-state index is -0.459. The molecule has 2 fully saturated rings. The van der Waals surface area contributed by atoms with Gasteiger partial charge in [0.1, 0.15) is 5.76 Å². The number of piperidine rings is 1. The van der Waals surface area contributed by atoms with Crippen LogP contribution in [0.4, 0.5) is 0 Å². The standard InChI is InChI=1S/C19H22N2O4/c1-14-16(25-18(20-14)15-5-3-2-4-6-15)13-17(22)21-9-7-19(8-10-21)23-11-12-24-19/h2-6H,7-13H2,1H3. The number of carbonyl (C=O) groups is 1. The van der Waals surface area contributed by atoms with Crippen molar-refractivity contribution in [3.05, 3.63) is 41.8 Å². The molecule has 1 aromatic carbocycles. The Hall–Kier alpha value is -2.18. The fourth-order valence-corrected chi connectivity index (χ4v) is 3.43. The minimum Gasteiger partial charge on any atom is -0.440 e. The van der Waals surface area contributed by atoms with E-state index in [1.165, 1.54) is 0 Å². The number of hydrogen-bond acceptors (Lipinski definition) is 5. The van der Waals surface area contributed by atoms with Crippen molar-refractivity contribution in [3.8, 4) is 11.5 Å². The lowest BCUT2D eigenvalue weighted by atomic mass is 10.0. The van der Waals surface area contributed by atoms with E-state index in [4.69, 9.17) is 13.9 Å². The molecule has 25 heavy (non-hydrogen) atoms. The molecule has 0 saturated carbocycles. The third kappa shape index (κ3) is 3.32. The summed E-state index contributed by atoms with van der Waals surface area (Å²) in [6.45, 7) is 4.47. The second-order valence-electron chi connectivity index (χ2n) is 6.56. The summed E-state index contributed by atoms with van der Waals surface area (Å²) in [5, 5.41) is 0. The molecule has 0 bridgehead atoms. The quantitative estimate of drug-likeness (QED) is 0.858. The van der Waals surface area contributed by atoms with E-state index in [0.29, 0.717) is 38.0 Å². The summed E-state index contributed by atoms with van der Waals surface area (Å²) in [6, 6.07) is 9.72. The Morgan fingerprint density at radius 2 is 1.84 bits per heavy atom. The second kappa shape index (κ2) is 6.61. The fourth-order valence-electron chi connectivity index (χ4n) is 3.43. The largest absolute Gasteiger partial charge is 0.440 e. The van der Waals surface area contributed by atoms with E-state index in [1.807, 2.05) is 42.2 Å². The van der Waals surface area contributed by atoms with Gasteiger partial charge in [-0.25, -0.2) is 4.98 Å². The molecular formula is C19H22N2O4. The Kier molecular flexibility index (Phi) is 4.31. The first kappa shape index (κ1) is 16.3. The molecule has 132 valence electrons. The van der Waals surface area contributed by atoms with Crippen molar-refractivity contribution in [1.82, 2.24) is 9.88 Å². The first-order chi connectivity index (χ1) is 12.2. The third-order valence-corrected chi connectivity index (χ3v) is 4.92. The SMILES string of the molecule is Cc1nc(-c2ccccc2)oc1CC(=O)N1CCC2(CC1)OCCO2. The van der Waals surface area contributed by atoms with E-state index < -0.39 is 5.79 Å². The van der Waals surface area contributed by atoms with E-state index in [-0.39, 0.29) is 12.3 Å². The molecule has 1 spiro atoms. The van der Waals surface area contributed by atoms with Gasteiger partial charge in [0, 0.05) is 31.5 Å². The molecule has 1 amide bonds. The Morgan fingerprint density at radius 3 is 2.52 bits per heavy atom. The predicted molar refractivity (Wildman–Crippen MR) is 90.8 cm³/mol. The molecule has 1 aromatic heterocycles. The maximum absolute atomic E-state index is 12.6. The molecule has 0 atom stereocenters. The lowest BCUT2D eigenvalue weighted by Crippen LogP contribution is -2.47. The maximum Gasteiger partial charge on any atom is 0.230 e. The van der Waals surface area contributed by atoms with Gasteiger partial charge in [-0.2, -0.15) is 0 Å². The normalized spacial score (nSPS) is 19.5.